The number of anilines is 2. The maximum Gasteiger partial charge on any atom is 0.190 e. The molecule has 0 aliphatic rings. The molecular weight excluding hydrogens is 372 g/mol. The van der Waals surface area contributed by atoms with Crippen molar-refractivity contribution >= 4 is 74.9 Å². The zero-order valence-corrected chi connectivity index (χ0v) is 15.8. The van der Waals surface area contributed by atoms with E-state index < -0.39 is 0 Å². The van der Waals surface area contributed by atoms with E-state index in [0.717, 1.165) is 42.3 Å². The quantitative estimate of drug-likeness (QED) is 0.440. The van der Waals surface area contributed by atoms with Crippen molar-refractivity contribution in [3.8, 4) is 5.75 Å². The molecule has 0 saturated heterocycles. The van der Waals surface area contributed by atoms with Gasteiger partial charge < -0.3 is 10.1 Å². The first-order valence-corrected chi connectivity index (χ1v) is 10.0. The zero-order chi connectivity index (χ0) is 17.0. The van der Waals surface area contributed by atoms with E-state index in [2.05, 4.69) is 15.3 Å². The van der Waals surface area contributed by atoms with Crippen LogP contribution in [0, 0.1) is 6.92 Å². The lowest BCUT2D eigenvalue weighted by Crippen LogP contribution is -1.88. The first-order chi connectivity index (χ1) is 12.2. The van der Waals surface area contributed by atoms with Gasteiger partial charge in [-0.3, -0.25) is 0 Å². The molecule has 0 radical (unpaired) electrons. The van der Waals surface area contributed by atoms with E-state index in [1.807, 2.05) is 37.3 Å². The SMILES string of the molecule is COc1cccc2sc(Nc3nc4ccc5nc(C)sc5c4s3)nc12. The minimum absolute atomic E-state index is 0.785. The lowest BCUT2D eigenvalue weighted by Gasteiger charge is -1.98. The van der Waals surface area contributed by atoms with Crippen LogP contribution in [-0.4, -0.2) is 22.1 Å². The van der Waals surface area contributed by atoms with Crippen LogP contribution in [-0.2, 0) is 0 Å². The van der Waals surface area contributed by atoms with Gasteiger partial charge in [0.1, 0.15) is 11.3 Å². The van der Waals surface area contributed by atoms with Crippen LogP contribution < -0.4 is 10.1 Å². The van der Waals surface area contributed by atoms with Gasteiger partial charge in [-0.15, -0.1) is 11.3 Å². The van der Waals surface area contributed by atoms with Crippen LogP contribution >= 0.6 is 34.0 Å². The number of methoxy groups -OCH3 is 1. The lowest BCUT2D eigenvalue weighted by molar-refractivity contribution is 0.419. The number of benzene rings is 2. The molecule has 8 heteroatoms. The number of nitrogens with one attached hydrogen (secondary N) is 1. The van der Waals surface area contributed by atoms with E-state index in [1.54, 1.807) is 41.1 Å². The highest BCUT2D eigenvalue weighted by Crippen LogP contribution is 2.38. The van der Waals surface area contributed by atoms with Crippen LogP contribution in [0.4, 0.5) is 10.3 Å². The van der Waals surface area contributed by atoms with Crippen molar-refractivity contribution in [3.63, 3.8) is 0 Å². The number of rotatable bonds is 3. The van der Waals surface area contributed by atoms with Gasteiger partial charge in [0.2, 0.25) is 0 Å². The predicted octanol–water partition coefficient (Wildman–Crippen LogP) is 5.58. The Kier molecular flexibility index (Phi) is 3.37. The molecule has 0 spiro atoms. The van der Waals surface area contributed by atoms with E-state index in [1.165, 1.54) is 9.40 Å². The molecule has 2 aromatic carbocycles. The molecule has 0 saturated carbocycles. The van der Waals surface area contributed by atoms with Crippen LogP contribution in [0.15, 0.2) is 30.3 Å². The Bertz CT molecular complexity index is 1240. The van der Waals surface area contributed by atoms with Gasteiger partial charge in [0.05, 0.1) is 37.3 Å². The zero-order valence-electron chi connectivity index (χ0n) is 13.4. The summed E-state index contributed by atoms with van der Waals surface area (Å²) in [4.78, 5) is 13.9. The van der Waals surface area contributed by atoms with E-state index in [4.69, 9.17) is 9.72 Å². The van der Waals surface area contributed by atoms with Crippen molar-refractivity contribution < 1.29 is 4.74 Å². The molecule has 0 unspecified atom stereocenters. The van der Waals surface area contributed by atoms with Gasteiger partial charge >= 0.3 is 0 Å². The third kappa shape index (κ3) is 2.45. The molecule has 1 N–H and O–H groups in total. The van der Waals surface area contributed by atoms with Gasteiger partial charge in [0.25, 0.3) is 0 Å². The number of hydrogen-bond donors (Lipinski definition) is 1. The minimum Gasteiger partial charge on any atom is -0.494 e. The molecule has 0 aliphatic heterocycles. The second-order valence-electron chi connectivity index (χ2n) is 5.46. The third-order valence-electron chi connectivity index (χ3n) is 3.83. The second-order valence-corrected chi connectivity index (χ2v) is 8.70. The summed E-state index contributed by atoms with van der Waals surface area (Å²) < 4.78 is 8.84. The molecule has 0 aliphatic carbocycles. The number of thiazole rings is 3. The number of nitrogens with zero attached hydrogens (tertiary/aromatic N) is 3. The maximum atomic E-state index is 5.39. The number of para-hydroxylation sites is 1. The standard InChI is InChI=1S/C17H12N4OS3/c1-8-18-9-6-7-10-15(14(9)23-8)25-16(19-10)21-17-20-13-11(22-2)4-3-5-12(13)24-17/h3-7H,1-2H3,(H,19,20,21). The van der Waals surface area contributed by atoms with Gasteiger partial charge in [-0.2, -0.15) is 0 Å². The Morgan fingerprint density at radius 1 is 0.880 bits per heavy atom. The summed E-state index contributed by atoms with van der Waals surface area (Å²) in [5.41, 5.74) is 2.90. The molecule has 0 bridgehead atoms. The Morgan fingerprint density at radius 2 is 1.64 bits per heavy atom. The molecule has 124 valence electrons. The van der Waals surface area contributed by atoms with Crippen molar-refractivity contribution in [3.05, 3.63) is 35.3 Å². The smallest absolute Gasteiger partial charge is 0.190 e. The lowest BCUT2D eigenvalue weighted by atomic mass is 10.3. The number of aromatic nitrogens is 3. The first-order valence-electron chi connectivity index (χ1n) is 7.58. The molecule has 25 heavy (non-hydrogen) atoms. The van der Waals surface area contributed by atoms with Crippen LogP contribution in [0.3, 0.4) is 0 Å². The van der Waals surface area contributed by atoms with Crippen LogP contribution in [0.25, 0.3) is 30.6 Å². The van der Waals surface area contributed by atoms with Crippen molar-refractivity contribution in [2.24, 2.45) is 0 Å². The molecule has 0 fully saturated rings. The topological polar surface area (TPSA) is 59.9 Å². The van der Waals surface area contributed by atoms with E-state index in [9.17, 15) is 0 Å². The van der Waals surface area contributed by atoms with Crippen molar-refractivity contribution in [2.75, 3.05) is 12.4 Å². The van der Waals surface area contributed by atoms with Crippen LogP contribution in [0.1, 0.15) is 5.01 Å². The van der Waals surface area contributed by atoms with Crippen molar-refractivity contribution in [1.82, 2.24) is 15.0 Å². The molecule has 5 aromatic rings. The van der Waals surface area contributed by atoms with Gasteiger partial charge in [-0.1, -0.05) is 28.7 Å². The Morgan fingerprint density at radius 3 is 2.48 bits per heavy atom. The monoisotopic (exact) mass is 384 g/mol. The van der Waals surface area contributed by atoms with Gasteiger partial charge in [-0.25, -0.2) is 15.0 Å². The number of hydrogen-bond acceptors (Lipinski definition) is 8. The van der Waals surface area contributed by atoms with Gasteiger partial charge in [-0.05, 0) is 31.2 Å². The Labute approximate surface area is 155 Å². The Hall–Kier alpha value is -2.29. The summed E-state index contributed by atoms with van der Waals surface area (Å²) in [6.07, 6.45) is 0. The number of fused-ring (bicyclic) bond motifs is 4. The van der Waals surface area contributed by atoms with Crippen LogP contribution in [0.2, 0.25) is 0 Å². The van der Waals surface area contributed by atoms with Crippen molar-refractivity contribution in [2.45, 2.75) is 6.92 Å². The number of ether oxygens (including phenoxy) is 1. The molecule has 0 amide bonds. The summed E-state index contributed by atoms with van der Waals surface area (Å²) in [5, 5.41) is 6.08. The molecule has 0 atom stereocenters. The second kappa shape index (κ2) is 5.62. The van der Waals surface area contributed by atoms with Crippen LogP contribution in [0.5, 0.6) is 5.75 Å². The summed E-state index contributed by atoms with van der Waals surface area (Å²) in [6.45, 7) is 2.03. The highest BCUT2D eigenvalue weighted by molar-refractivity contribution is 7.29. The summed E-state index contributed by atoms with van der Waals surface area (Å²) >= 11 is 4.94. The maximum absolute atomic E-state index is 5.39. The fourth-order valence-electron chi connectivity index (χ4n) is 2.77. The number of aryl methyl sites for hydroxylation is 1. The molecule has 3 aromatic heterocycles. The molecule has 5 nitrogen and oxygen atoms in total. The van der Waals surface area contributed by atoms with Crippen molar-refractivity contribution in [1.29, 1.82) is 0 Å². The first kappa shape index (κ1) is 15.0. The van der Waals surface area contributed by atoms with Gasteiger partial charge in [0, 0.05) is 0 Å². The highest BCUT2D eigenvalue weighted by atomic mass is 32.1. The van der Waals surface area contributed by atoms with E-state index >= 15 is 0 Å². The normalized spacial score (nSPS) is 11.6. The largest absolute Gasteiger partial charge is 0.494 e. The third-order valence-corrected chi connectivity index (χ3v) is 6.91. The summed E-state index contributed by atoms with van der Waals surface area (Å²) in [6, 6.07) is 10.0. The highest BCUT2D eigenvalue weighted by Gasteiger charge is 2.13. The summed E-state index contributed by atoms with van der Waals surface area (Å²) in [5.74, 6) is 0.785. The average molecular weight is 385 g/mol. The van der Waals surface area contributed by atoms with E-state index in [-0.39, 0.29) is 0 Å². The average Bonchev–Trinajstić information content (AvgIpc) is 3.28. The fourth-order valence-corrected chi connectivity index (χ4v) is 5.72. The molecule has 3 heterocycles. The Balaban J connectivity index is 1.58. The van der Waals surface area contributed by atoms with E-state index in [0.29, 0.717) is 0 Å². The molecule has 5 rings (SSSR count). The summed E-state index contributed by atoms with van der Waals surface area (Å²) in [7, 11) is 1.66. The minimum atomic E-state index is 0.785. The molecular formula is C17H12N4OS3. The van der Waals surface area contributed by atoms with Gasteiger partial charge in [0.15, 0.2) is 10.3 Å². The fraction of sp³-hybridized carbons (Fsp3) is 0.118. The predicted molar refractivity (Wildman–Crippen MR) is 107 cm³/mol.